The standard InChI is InChI=1S/C15H24N6S/c1-4-16-15(17-7-5-13-9-19-21(3)10-13)18-8-6-14-11-22-12(2)20-14/h9-11H,4-8H2,1-3H3,(H2,16,17,18). The number of aromatic nitrogens is 3. The van der Waals surface area contributed by atoms with Gasteiger partial charge in [-0.2, -0.15) is 5.10 Å². The van der Waals surface area contributed by atoms with Gasteiger partial charge in [-0.15, -0.1) is 11.3 Å². The Kier molecular flexibility index (Phi) is 6.39. The third-order valence-electron chi connectivity index (χ3n) is 3.11. The summed E-state index contributed by atoms with van der Waals surface area (Å²) in [5.74, 6) is 0.860. The molecule has 2 rings (SSSR count). The minimum atomic E-state index is 0.741. The molecule has 2 N–H and O–H groups in total. The Morgan fingerprint density at radius 2 is 2.23 bits per heavy atom. The average molecular weight is 320 g/mol. The summed E-state index contributed by atoms with van der Waals surface area (Å²) in [5.41, 5.74) is 2.35. The Balaban J connectivity index is 1.76. The fraction of sp³-hybridized carbons (Fsp3) is 0.533. The zero-order valence-corrected chi connectivity index (χ0v) is 14.3. The molecule has 6 nitrogen and oxygen atoms in total. The molecule has 0 atom stereocenters. The fourth-order valence-corrected chi connectivity index (χ4v) is 2.72. The number of aryl methyl sites for hydroxylation is 2. The first kappa shape index (κ1) is 16.5. The monoisotopic (exact) mass is 320 g/mol. The van der Waals surface area contributed by atoms with Crippen LogP contribution in [0.5, 0.6) is 0 Å². The third-order valence-corrected chi connectivity index (χ3v) is 3.94. The summed E-state index contributed by atoms with van der Waals surface area (Å²) in [5, 5.41) is 14.0. The van der Waals surface area contributed by atoms with Crippen LogP contribution in [-0.4, -0.2) is 40.4 Å². The second-order valence-electron chi connectivity index (χ2n) is 5.07. The van der Waals surface area contributed by atoms with Crippen molar-refractivity contribution < 1.29 is 0 Å². The van der Waals surface area contributed by atoms with Gasteiger partial charge in [0.1, 0.15) is 0 Å². The van der Waals surface area contributed by atoms with Crippen LogP contribution in [0.3, 0.4) is 0 Å². The number of rotatable bonds is 7. The molecular weight excluding hydrogens is 296 g/mol. The molecule has 0 fully saturated rings. The lowest BCUT2D eigenvalue weighted by molar-refractivity contribution is 0.764. The van der Waals surface area contributed by atoms with Crippen molar-refractivity contribution in [1.82, 2.24) is 25.4 Å². The zero-order valence-electron chi connectivity index (χ0n) is 13.5. The van der Waals surface area contributed by atoms with E-state index in [1.54, 1.807) is 11.3 Å². The molecule has 2 aromatic heterocycles. The predicted octanol–water partition coefficient (Wildman–Crippen LogP) is 1.53. The van der Waals surface area contributed by atoms with E-state index in [0.717, 1.165) is 49.1 Å². The second-order valence-corrected chi connectivity index (χ2v) is 6.13. The molecule has 7 heteroatoms. The van der Waals surface area contributed by atoms with Crippen LogP contribution in [0.2, 0.25) is 0 Å². The van der Waals surface area contributed by atoms with Gasteiger partial charge < -0.3 is 10.6 Å². The van der Waals surface area contributed by atoms with E-state index in [1.165, 1.54) is 5.56 Å². The van der Waals surface area contributed by atoms with E-state index in [1.807, 2.05) is 31.0 Å². The molecule has 0 aliphatic rings. The lowest BCUT2D eigenvalue weighted by Gasteiger charge is -2.10. The van der Waals surface area contributed by atoms with Crippen LogP contribution in [0.1, 0.15) is 23.2 Å². The molecule has 0 bridgehead atoms. The van der Waals surface area contributed by atoms with Crippen molar-refractivity contribution in [3.8, 4) is 0 Å². The molecule has 0 unspecified atom stereocenters. The molecule has 120 valence electrons. The summed E-state index contributed by atoms with van der Waals surface area (Å²) in [4.78, 5) is 9.05. The van der Waals surface area contributed by atoms with Crippen LogP contribution in [0.15, 0.2) is 22.8 Å². The minimum absolute atomic E-state index is 0.741. The summed E-state index contributed by atoms with van der Waals surface area (Å²) in [6, 6.07) is 0. The van der Waals surface area contributed by atoms with Gasteiger partial charge in [-0.25, -0.2) is 4.98 Å². The van der Waals surface area contributed by atoms with Crippen molar-refractivity contribution in [3.05, 3.63) is 34.0 Å². The highest BCUT2D eigenvalue weighted by Crippen LogP contribution is 2.08. The molecule has 0 spiro atoms. The Morgan fingerprint density at radius 1 is 1.36 bits per heavy atom. The van der Waals surface area contributed by atoms with Crippen molar-refractivity contribution in [2.75, 3.05) is 19.6 Å². The lowest BCUT2D eigenvalue weighted by atomic mass is 10.2. The first-order chi connectivity index (χ1) is 10.7. The molecule has 2 heterocycles. The first-order valence-electron chi connectivity index (χ1n) is 7.58. The highest BCUT2D eigenvalue weighted by atomic mass is 32.1. The van der Waals surface area contributed by atoms with Crippen LogP contribution >= 0.6 is 11.3 Å². The van der Waals surface area contributed by atoms with E-state index in [2.05, 4.69) is 38.0 Å². The number of aliphatic imine (C=N–C) groups is 1. The van der Waals surface area contributed by atoms with Crippen LogP contribution in [-0.2, 0) is 19.9 Å². The molecule has 0 radical (unpaired) electrons. The molecular formula is C15H24N6S. The molecule has 22 heavy (non-hydrogen) atoms. The summed E-state index contributed by atoms with van der Waals surface area (Å²) in [6.45, 7) is 6.54. The van der Waals surface area contributed by atoms with Crippen LogP contribution in [0.4, 0.5) is 0 Å². The molecule has 0 saturated heterocycles. The molecule has 2 aromatic rings. The van der Waals surface area contributed by atoms with E-state index < -0.39 is 0 Å². The van der Waals surface area contributed by atoms with Crippen molar-refractivity contribution in [2.24, 2.45) is 12.0 Å². The van der Waals surface area contributed by atoms with Gasteiger partial charge in [-0.1, -0.05) is 0 Å². The van der Waals surface area contributed by atoms with E-state index in [0.29, 0.717) is 0 Å². The number of hydrogen-bond acceptors (Lipinski definition) is 4. The molecule has 0 aliphatic heterocycles. The predicted molar refractivity (Wildman–Crippen MR) is 91.4 cm³/mol. The SMILES string of the molecule is CCNC(=NCCc1csc(C)n1)NCCc1cnn(C)c1. The molecule has 0 amide bonds. The summed E-state index contributed by atoms with van der Waals surface area (Å²) >= 11 is 1.69. The highest BCUT2D eigenvalue weighted by Gasteiger charge is 2.01. The van der Waals surface area contributed by atoms with Crippen LogP contribution in [0, 0.1) is 6.92 Å². The second kappa shape index (κ2) is 8.53. The molecule has 0 saturated carbocycles. The van der Waals surface area contributed by atoms with Gasteiger partial charge in [0.15, 0.2) is 5.96 Å². The normalized spacial score (nSPS) is 11.7. The highest BCUT2D eigenvalue weighted by molar-refractivity contribution is 7.09. The van der Waals surface area contributed by atoms with Crippen molar-refractivity contribution in [2.45, 2.75) is 26.7 Å². The Morgan fingerprint density at radius 3 is 2.86 bits per heavy atom. The quantitative estimate of drug-likeness (QED) is 0.600. The van der Waals surface area contributed by atoms with Crippen molar-refractivity contribution in [3.63, 3.8) is 0 Å². The van der Waals surface area contributed by atoms with E-state index in [9.17, 15) is 0 Å². The van der Waals surface area contributed by atoms with E-state index in [-0.39, 0.29) is 0 Å². The Bertz CT molecular complexity index is 601. The lowest BCUT2D eigenvalue weighted by Crippen LogP contribution is -2.38. The van der Waals surface area contributed by atoms with Crippen LogP contribution in [0.25, 0.3) is 0 Å². The summed E-state index contributed by atoms with van der Waals surface area (Å²) in [7, 11) is 1.93. The summed E-state index contributed by atoms with van der Waals surface area (Å²) < 4.78 is 1.82. The molecule has 0 aromatic carbocycles. The Labute approximate surface area is 135 Å². The fourth-order valence-electron chi connectivity index (χ4n) is 2.07. The maximum Gasteiger partial charge on any atom is 0.191 e. The van der Waals surface area contributed by atoms with Crippen molar-refractivity contribution >= 4 is 17.3 Å². The van der Waals surface area contributed by atoms with Gasteiger partial charge in [-0.3, -0.25) is 9.67 Å². The zero-order chi connectivity index (χ0) is 15.8. The van der Waals surface area contributed by atoms with Crippen LogP contribution < -0.4 is 10.6 Å². The van der Waals surface area contributed by atoms with Crippen molar-refractivity contribution in [1.29, 1.82) is 0 Å². The van der Waals surface area contributed by atoms with Gasteiger partial charge in [0, 0.05) is 44.7 Å². The van der Waals surface area contributed by atoms with Gasteiger partial charge in [-0.05, 0) is 25.8 Å². The van der Waals surface area contributed by atoms with Gasteiger partial charge in [0.25, 0.3) is 0 Å². The number of nitrogens with zero attached hydrogens (tertiary/aromatic N) is 4. The first-order valence-corrected chi connectivity index (χ1v) is 8.46. The maximum atomic E-state index is 4.59. The van der Waals surface area contributed by atoms with Gasteiger partial charge >= 0.3 is 0 Å². The molecule has 0 aliphatic carbocycles. The average Bonchev–Trinajstić information content (AvgIpc) is 3.08. The summed E-state index contributed by atoms with van der Waals surface area (Å²) in [6.07, 6.45) is 5.75. The number of nitrogens with one attached hydrogen (secondary N) is 2. The number of thiazole rings is 1. The minimum Gasteiger partial charge on any atom is -0.357 e. The van der Waals surface area contributed by atoms with Gasteiger partial charge in [0.05, 0.1) is 16.9 Å². The van der Waals surface area contributed by atoms with Gasteiger partial charge in [0.2, 0.25) is 0 Å². The number of hydrogen-bond donors (Lipinski definition) is 2. The third kappa shape index (κ3) is 5.48. The largest absolute Gasteiger partial charge is 0.357 e. The van der Waals surface area contributed by atoms with E-state index >= 15 is 0 Å². The Hall–Kier alpha value is -1.89. The van der Waals surface area contributed by atoms with E-state index in [4.69, 9.17) is 0 Å². The number of guanidine groups is 1. The topological polar surface area (TPSA) is 67.1 Å². The maximum absolute atomic E-state index is 4.59. The smallest absolute Gasteiger partial charge is 0.191 e.